The molecule has 0 spiro atoms. The van der Waals surface area contributed by atoms with Crippen LogP contribution in [-0.2, 0) is 0 Å². The Bertz CT molecular complexity index is 331. The first kappa shape index (κ1) is 12.9. The molecule has 3 N–H and O–H groups in total. The Morgan fingerprint density at radius 1 is 1.50 bits per heavy atom. The van der Waals surface area contributed by atoms with Crippen molar-refractivity contribution >= 4 is 0 Å². The number of benzene rings is 1. The topological polar surface area (TPSA) is 47.3 Å². The normalized spacial score (nSPS) is 12.5. The van der Waals surface area contributed by atoms with Crippen molar-refractivity contribution in [2.45, 2.75) is 18.9 Å². The van der Waals surface area contributed by atoms with Gasteiger partial charge in [0.05, 0.1) is 7.11 Å². The van der Waals surface area contributed by atoms with Crippen LogP contribution < -0.4 is 15.8 Å². The van der Waals surface area contributed by atoms with Crippen LogP contribution in [0.25, 0.3) is 0 Å². The van der Waals surface area contributed by atoms with Crippen LogP contribution >= 0.6 is 0 Å². The molecule has 0 aliphatic carbocycles. The van der Waals surface area contributed by atoms with E-state index >= 15 is 0 Å². The molecule has 90 valence electrons. The zero-order valence-corrected chi connectivity index (χ0v) is 9.79. The highest BCUT2D eigenvalue weighted by Crippen LogP contribution is 2.26. The Balaban J connectivity index is 2.72. The van der Waals surface area contributed by atoms with Gasteiger partial charge in [-0.15, -0.1) is 0 Å². The average Bonchev–Trinajstić information content (AvgIpc) is 2.29. The first-order chi connectivity index (χ1) is 7.69. The summed E-state index contributed by atoms with van der Waals surface area (Å²) in [6.45, 7) is 0.908. The Labute approximate surface area is 95.8 Å². The second-order valence-electron chi connectivity index (χ2n) is 3.74. The summed E-state index contributed by atoms with van der Waals surface area (Å²) < 4.78 is 18.3. The Kier molecular flexibility index (Phi) is 5.22. The highest BCUT2D eigenvalue weighted by molar-refractivity contribution is 5.36. The van der Waals surface area contributed by atoms with Gasteiger partial charge in [-0.2, -0.15) is 0 Å². The maximum Gasteiger partial charge on any atom is 0.123 e. The van der Waals surface area contributed by atoms with Gasteiger partial charge in [0.25, 0.3) is 0 Å². The zero-order chi connectivity index (χ0) is 12.0. The van der Waals surface area contributed by atoms with Crippen LogP contribution in [-0.4, -0.2) is 20.7 Å². The molecular weight excluding hydrogens is 207 g/mol. The predicted octanol–water partition coefficient (Wildman–Crippen LogP) is 1.83. The van der Waals surface area contributed by atoms with E-state index < -0.39 is 0 Å². The van der Waals surface area contributed by atoms with Gasteiger partial charge in [0.2, 0.25) is 0 Å². The van der Waals surface area contributed by atoms with E-state index in [0.29, 0.717) is 5.75 Å². The third kappa shape index (κ3) is 3.47. The van der Waals surface area contributed by atoms with Crippen LogP contribution in [0.15, 0.2) is 18.2 Å². The lowest BCUT2D eigenvalue weighted by Gasteiger charge is -2.15. The number of ether oxygens (including phenoxy) is 1. The molecule has 1 rings (SSSR count). The van der Waals surface area contributed by atoms with Crippen molar-refractivity contribution in [3.05, 3.63) is 29.6 Å². The maximum atomic E-state index is 13.1. The first-order valence-electron chi connectivity index (χ1n) is 5.42. The monoisotopic (exact) mass is 226 g/mol. The SMILES string of the molecule is CNCCCC(N)c1cc(F)ccc1OC. The predicted molar refractivity (Wildman–Crippen MR) is 63.0 cm³/mol. The fourth-order valence-electron chi connectivity index (χ4n) is 1.65. The molecule has 0 bridgehead atoms. The van der Waals surface area contributed by atoms with E-state index in [9.17, 15) is 4.39 Å². The highest BCUT2D eigenvalue weighted by Gasteiger charge is 2.12. The number of rotatable bonds is 6. The number of methoxy groups -OCH3 is 1. The fourth-order valence-corrected chi connectivity index (χ4v) is 1.65. The number of hydrogen-bond donors (Lipinski definition) is 2. The van der Waals surface area contributed by atoms with E-state index in [1.54, 1.807) is 13.2 Å². The molecule has 1 aromatic rings. The summed E-state index contributed by atoms with van der Waals surface area (Å²) in [5.41, 5.74) is 6.74. The summed E-state index contributed by atoms with van der Waals surface area (Å²) in [6, 6.07) is 4.26. The molecule has 0 aliphatic heterocycles. The molecule has 1 unspecified atom stereocenters. The molecular formula is C12H19FN2O. The molecule has 0 amide bonds. The summed E-state index contributed by atoms with van der Waals surface area (Å²) in [5, 5.41) is 3.05. The number of hydrogen-bond acceptors (Lipinski definition) is 3. The van der Waals surface area contributed by atoms with Gasteiger partial charge in [0.1, 0.15) is 11.6 Å². The Morgan fingerprint density at radius 2 is 2.25 bits per heavy atom. The van der Waals surface area contributed by atoms with Crippen molar-refractivity contribution in [1.29, 1.82) is 0 Å². The largest absolute Gasteiger partial charge is 0.496 e. The van der Waals surface area contributed by atoms with Crippen LogP contribution in [0.3, 0.4) is 0 Å². The summed E-state index contributed by atoms with van der Waals surface area (Å²) in [6.07, 6.45) is 1.76. The summed E-state index contributed by atoms with van der Waals surface area (Å²) in [5.74, 6) is 0.373. The van der Waals surface area contributed by atoms with E-state index in [0.717, 1.165) is 24.9 Å². The molecule has 0 aliphatic rings. The van der Waals surface area contributed by atoms with Crippen LogP contribution in [0.2, 0.25) is 0 Å². The van der Waals surface area contributed by atoms with Gasteiger partial charge in [-0.05, 0) is 44.6 Å². The molecule has 0 aromatic heterocycles. The van der Waals surface area contributed by atoms with Gasteiger partial charge >= 0.3 is 0 Å². The Hall–Kier alpha value is -1.13. The molecule has 0 heterocycles. The lowest BCUT2D eigenvalue weighted by molar-refractivity contribution is 0.402. The average molecular weight is 226 g/mol. The van der Waals surface area contributed by atoms with E-state index in [1.165, 1.54) is 12.1 Å². The lowest BCUT2D eigenvalue weighted by atomic mass is 10.0. The molecule has 4 heteroatoms. The van der Waals surface area contributed by atoms with Gasteiger partial charge in [0, 0.05) is 11.6 Å². The van der Waals surface area contributed by atoms with Gasteiger partial charge in [-0.3, -0.25) is 0 Å². The standard InChI is InChI=1S/C12H19FN2O/c1-15-7-3-4-11(14)10-8-9(13)5-6-12(10)16-2/h5-6,8,11,15H,3-4,7,14H2,1-2H3. The van der Waals surface area contributed by atoms with Crippen LogP contribution in [0.1, 0.15) is 24.4 Å². The summed E-state index contributed by atoms with van der Waals surface area (Å²) in [7, 11) is 3.46. The lowest BCUT2D eigenvalue weighted by Crippen LogP contribution is -2.15. The molecule has 0 radical (unpaired) electrons. The third-order valence-electron chi connectivity index (χ3n) is 2.53. The minimum absolute atomic E-state index is 0.181. The van der Waals surface area contributed by atoms with Gasteiger partial charge < -0.3 is 15.8 Å². The Morgan fingerprint density at radius 3 is 2.88 bits per heavy atom. The van der Waals surface area contributed by atoms with Crippen LogP contribution in [0, 0.1) is 5.82 Å². The van der Waals surface area contributed by atoms with E-state index in [-0.39, 0.29) is 11.9 Å². The van der Waals surface area contributed by atoms with Crippen molar-refractivity contribution in [2.24, 2.45) is 5.73 Å². The fraction of sp³-hybridized carbons (Fsp3) is 0.500. The van der Waals surface area contributed by atoms with Gasteiger partial charge in [-0.25, -0.2) is 4.39 Å². The number of nitrogens with one attached hydrogen (secondary N) is 1. The molecule has 0 saturated heterocycles. The molecule has 3 nitrogen and oxygen atoms in total. The molecule has 16 heavy (non-hydrogen) atoms. The van der Waals surface area contributed by atoms with E-state index in [4.69, 9.17) is 10.5 Å². The van der Waals surface area contributed by atoms with Gasteiger partial charge in [0.15, 0.2) is 0 Å². The van der Waals surface area contributed by atoms with Crippen molar-refractivity contribution in [3.63, 3.8) is 0 Å². The summed E-state index contributed by atoms with van der Waals surface area (Å²) >= 11 is 0. The van der Waals surface area contributed by atoms with Crippen molar-refractivity contribution in [2.75, 3.05) is 20.7 Å². The second-order valence-corrected chi connectivity index (χ2v) is 3.74. The third-order valence-corrected chi connectivity index (χ3v) is 2.53. The van der Waals surface area contributed by atoms with Crippen LogP contribution in [0.5, 0.6) is 5.75 Å². The minimum Gasteiger partial charge on any atom is -0.496 e. The number of nitrogens with two attached hydrogens (primary N) is 1. The second kappa shape index (κ2) is 6.45. The summed E-state index contributed by atoms with van der Waals surface area (Å²) in [4.78, 5) is 0. The van der Waals surface area contributed by atoms with Crippen molar-refractivity contribution < 1.29 is 9.13 Å². The quantitative estimate of drug-likeness (QED) is 0.727. The minimum atomic E-state index is -0.278. The maximum absolute atomic E-state index is 13.1. The zero-order valence-electron chi connectivity index (χ0n) is 9.79. The molecule has 0 fully saturated rings. The van der Waals surface area contributed by atoms with Crippen molar-refractivity contribution in [3.8, 4) is 5.75 Å². The molecule has 0 saturated carbocycles. The molecule has 1 aromatic carbocycles. The van der Waals surface area contributed by atoms with Gasteiger partial charge in [-0.1, -0.05) is 0 Å². The van der Waals surface area contributed by atoms with Crippen molar-refractivity contribution in [1.82, 2.24) is 5.32 Å². The molecule has 1 atom stereocenters. The smallest absolute Gasteiger partial charge is 0.123 e. The van der Waals surface area contributed by atoms with Crippen LogP contribution in [0.4, 0.5) is 4.39 Å². The van der Waals surface area contributed by atoms with E-state index in [1.807, 2.05) is 7.05 Å². The van der Waals surface area contributed by atoms with E-state index in [2.05, 4.69) is 5.32 Å². The highest BCUT2D eigenvalue weighted by atomic mass is 19.1. The number of halogens is 1. The first-order valence-corrected chi connectivity index (χ1v) is 5.42.